The van der Waals surface area contributed by atoms with Gasteiger partial charge in [-0.05, 0) is 36.6 Å². The van der Waals surface area contributed by atoms with Crippen molar-refractivity contribution in [3.8, 4) is 0 Å². The van der Waals surface area contributed by atoms with Crippen molar-refractivity contribution < 1.29 is 13.9 Å². The second-order valence-electron chi connectivity index (χ2n) is 6.99. The number of rotatable bonds is 5. The number of ether oxygens (including phenoxy) is 1. The first-order valence-electron chi connectivity index (χ1n) is 9.22. The molecule has 1 aliphatic heterocycles. The number of benzene rings is 1. The number of nitrogens with zero attached hydrogens (tertiary/aromatic N) is 1. The standard InChI is InChI=1S/C20H27FN2O2/c21-18-6-4-5-17(15-18)7-8-19(24)22-16-20(9-2-1-3-10-20)23-11-13-25-14-12-23/h4-8,15H,1-3,9-14,16H2,(H,22,24)/b8-7+. The summed E-state index contributed by atoms with van der Waals surface area (Å²) in [6, 6.07) is 6.23. The Bertz CT molecular complexity index is 605. The van der Waals surface area contributed by atoms with E-state index in [-0.39, 0.29) is 17.3 Å². The average Bonchev–Trinajstić information content (AvgIpc) is 2.66. The summed E-state index contributed by atoms with van der Waals surface area (Å²) in [5.74, 6) is -0.418. The first-order chi connectivity index (χ1) is 12.2. The van der Waals surface area contributed by atoms with E-state index < -0.39 is 0 Å². The van der Waals surface area contributed by atoms with Crippen molar-refractivity contribution in [1.82, 2.24) is 10.2 Å². The molecule has 2 fully saturated rings. The molecule has 1 N–H and O–H groups in total. The van der Waals surface area contributed by atoms with E-state index in [0.717, 1.165) is 39.1 Å². The lowest BCUT2D eigenvalue weighted by atomic mass is 9.79. The van der Waals surface area contributed by atoms with Crippen LogP contribution in [0.2, 0.25) is 0 Å². The van der Waals surface area contributed by atoms with Gasteiger partial charge in [0.05, 0.1) is 13.2 Å². The van der Waals surface area contributed by atoms with Crippen LogP contribution in [0.5, 0.6) is 0 Å². The molecule has 0 radical (unpaired) electrons. The molecule has 0 aromatic heterocycles. The maximum Gasteiger partial charge on any atom is 0.244 e. The molecule has 1 saturated carbocycles. The van der Waals surface area contributed by atoms with Crippen LogP contribution in [0, 0.1) is 5.82 Å². The van der Waals surface area contributed by atoms with Crippen LogP contribution >= 0.6 is 0 Å². The zero-order chi connectivity index (χ0) is 17.5. The number of nitrogens with one attached hydrogen (secondary N) is 1. The van der Waals surface area contributed by atoms with Gasteiger partial charge in [0.25, 0.3) is 0 Å². The van der Waals surface area contributed by atoms with Crippen LogP contribution in [0.3, 0.4) is 0 Å². The minimum Gasteiger partial charge on any atom is -0.379 e. The molecule has 1 aromatic rings. The molecule has 3 rings (SSSR count). The van der Waals surface area contributed by atoms with Gasteiger partial charge in [-0.3, -0.25) is 9.69 Å². The highest BCUT2D eigenvalue weighted by atomic mass is 19.1. The lowest BCUT2D eigenvalue weighted by Crippen LogP contribution is -2.59. The summed E-state index contributed by atoms with van der Waals surface area (Å²) in [5.41, 5.74) is 0.750. The minimum atomic E-state index is -0.295. The normalized spacial score (nSPS) is 21.3. The monoisotopic (exact) mass is 346 g/mol. The molecule has 25 heavy (non-hydrogen) atoms. The third-order valence-electron chi connectivity index (χ3n) is 5.33. The first-order valence-corrected chi connectivity index (χ1v) is 9.22. The molecule has 1 saturated heterocycles. The molecule has 2 aliphatic rings. The molecule has 0 bridgehead atoms. The van der Waals surface area contributed by atoms with Crippen molar-refractivity contribution in [2.45, 2.75) is 37.6 Å². The second kappa shape index (κ2) is 8.59. The van der Waals surface area contributed by atoms with E-state index in [4.69, 9.17) is 4.74 Å². The average molecular weight is 346 g/mol. The van der Waals surface area contributed by atoms with Crippen LogP contribution in [0.15, 0.2) is 30.3 Å². The molecule has 1 aliphatic carbocycles. The zero-order valence-corrected chi connectivity index (χ0v) is 14.7. The number of hydrogen-bond donors (Lipinski definition) is 1. The fourth-order valence-corrected chi connectivity index (χ4v) is 3.95. The van der Waals surface area contributed by atoms with E-state index in [1.807, 2.05) is 0 Å². The fourth-order valence-electron chi connectivity index (χ4n) is 3.95. The van der Waals surface area contributed by atoms with Gasteiger partial charge in [0, 0.05) is 31.2 Å². The molecule has 1 amide bonds. The summed E-state index contributed by atoms with van der Waals surface area (Å²) in [6.07, 6.45) is 9.10. The second-order valence-corrected chi connectivity index (χ2v) is 6.99. The van der Waals surface area contributed by atoms with E-state index in [2.05, 4.69) is 10.2 Å². The van der Waals surface area contributed by atoms with Crippen molar-refractivity contribution in [2.75, 3.05) is 32.8 Å². The summed E-state index contributed by atoms with van der Waals surface area (Å²) in [5, 5.41) is 3.07. The van der Waals surface area contributed by atoms with E-state index in [0.29, 0.717) is 12.1 Å². The van der Waals surface area contributed by atoms with Crippen LogP contribution < -0.4 is 5.32 Å². The van der Waals surface area contributed by atoms with Crippen molar-refractivity contribution in [3.63, 3.8) is 0 Å². The van der Waals surface area contributed by atoms with Gasteiger partial charge in [-0.1, -0.05) is 31.4 Å². The van der Waals surface area contributed by atoms with Crippen molar-refractivity contribution in [1.29, 1.82) is 0 Å². The summed E-state index contributed by atoms with van der Waals surface area (Å²) in [6.45, 7) is 4.09. The lowest BCUT2D eigenvalue weighted by Gasteiger charge is -2.48. The van der Waals surface area contributed by atoms with E-state index >= 15 is 0 Å². The van der Waals surface area contributed by atoms with Gasteiger partial charge in [0.15, 0.2) is 0 Å². The van der Waals surface area contributed by atoms with Crippen LogP contribution in [0.1, 0.15) is 37.7 Å². The molecule has 136 valence electrons. The highest BCUT2D eigenvalue weighted by molar-refractivity contribution is 5.91. The van der Waals surface area contributed by atoms with Gasteiger partial charge >= 0.3 is 0 Å². The lowest BCUT2D eigenvalue weighted by molar-refractivity contribution is -0.117. The first kappa shape index (κ1) is 18.1. The van der Waals surface area contributed by atoms with Gasteiger partial charge in [-0.2, -0.15) is 0 Å². The number of carbonyl (C=O) groups excluding carboxylic acids is 1. The van der Waals surface area contributed by atoms with E-state index in [9.17, 15) is 9.18 Å². The Labute approximate surface area is 149 Å². The van der Waals surface area contributed by atoms with Crippen molar-refractivity contribution in [3.05, 3.63) is 41.7 Å². The van der Waals surface area contributed by atoms with Crippen molar-refractivity contribution in [2.24, 2.45) is 0 Å². The fraction of sp³-hybridized carbons (Fsp3) is 0.550. The number of amides is 1. The maximum atomic E-state index is 13.2. The van der Waals surface area contributed by atoms with Gasteiger partial charge in [0.1, 0.15) is 5.82 Å². The topological polar surface area (TPSA) is 41.6 Å². The summed E-state index contributed by atoms with van der Waals surface area (Å²) < 4.78 is 18.7. The van der Waals surface area contributed by atoms with E-state index in [1.54, 1.807) is 18.2 Å². The Morgan fingerprint density at radius 2 is 2.00 bits per heavy atom. The molecule has 1 heterocycles. The highest BCUT2D eigenvalue weighted by Crippen LogP contribution is 2.33. The number of morpholine rings is 1. The molecule has 1 aromatic carbocycles. The Balaban J connectivity index is 1.59. The SMILES string of the molecule is O=C(/C=C/c1cccc(F)c1)NCC1(N2CCOCC2)CCCCC1. The number of hydrogen-bond acceptors (Lipinski definition) is 3. The molecular weight excluding hydrogens is 319 g/mol. The molecule has 0 atom stereocenters. The Hall–Kier alpha value is -1.72. The van der Waals surface area contributed by atoms with Gasteiger partial charge in [-0.15, -0.1) is 0 Å². The zero-order valence-electron chi connectivity index (χ0n) is 14.7. The Morgan fingerprint density at radius 1 is 1.24 bits per heavy atom. The predicted molar refractivity (Wildman–Crippen MR) is 96.7 cm³/mol. The Morgan fingerprint density at radius 3 is 2.72 bits per heavy atom. The third-order valence-corrected chi connectivity index (χ3v) is 5.33. The minimum absolute atomic E-state index is 0.0599. The molecular formula is C20H27FN2O2. The Kier molecular flexibility index (Phi) is 6.21. The smallest absolute Gasteiger partial charge is 0.244 e. The quantitative estimate of drug-likeness (QED) is 0.834. The van der Waals surface area contributed by atoms with Crippen LogP contribution in [-0.2, 0) is 9.53 Å². The molecule has 0 spiro atoms. The molecule has 5 heteroatoms. The van der Waals surface area contributed by atoms with Crippen LogP contribution in [-0.4, -0.2) is 49.2 Å². The van der Waals surface area contributed by atoms with Gasteiger partial charge in [-0.25, -0.2) is 4.39 Å². The number of carbonyl (C=O) groups is 1. The van der Waals surface area contributed by atoms with Gasteiger partial charge < -0.3 is 10.1 Å². The predicted octanol–water partition coefficient (Wildman–Crippen LogP) is 2.99. The molecule has 4 nitrogen and oxygen atoms in total. The van der Waals surface area contributed by atoms with E-state index in [1.165, 1.54) is 37.5 Å². The van der Waals surface area contributed by atoms with Gasteiger partial charge in [0.2, 0.25) is 5.91 Å². The van der Waals surface area contributed by atoms with Crippen molar-refractivity contribution >= 4 is 12.0 Å². The summed E-state index contributed by atoms with van der Waals surface area (Å²) in [7, 11) is 0. The third kappa shape index (κ3) is 4.89. The summed E-state index contributed by atoms with van der Waals surface area (Å²) >= 11 is 0. The number of halogens is 1. The van der Waals surface area contributed by atoms with Crippen LogP contribution in [0.25, 0.3) is 6.08 Å². The largest absolute Gasteiger partial charge is 0.379 e. The molecule has 0 unspecified atom stereocenters. The summed E-state index contributed by atoms with van der Waals surface area (Å²) in [4.78, 5) is 14.7. The van der Waals surface area contributed by atoms with Crippen LogP contribution in [0.4, 0.5) is 4.39 Å². The maximum absolute atomic E-state index is 13.2. The highest BCUT2D eigenvalue weighted by Gasteiger charge is 2.38.